The average molecular weight is 454 g/mol. The molecule has 130 valence electrons. The highest BCUT2D eigenvalue weighted by Gasteiger charge is 2.15. The molecule has 0 spiro atoms. The SMILES string of the molecule is CCNC(=NCC1CCCS1)NCCn1cc([N+](=O)[O-])cn1.I. The Morgan fingerprint density at radius 2 is 2.43 bits per heavy atom. The van der Waals surface area contributed by atoms with Gasteiger partial charge in [0.2, 0.25) is 0 Å². The van der Waals surface area contributed by atoms with Crippen molar-refractivity contribution in [3.63, 3.8) is 0 Å². The zero-order valence-electron chi connectivity index (χ0n) is 13.1. The molecule has 1 saturated heterocycles. The Morgan fingerprint density at radius 3 is 3.04 bits per heavy atom. The van der Waals surface area contributed by atoms with Crippen molar-refractivity contribution in [1.29, 1.82) is 0 Å². The molecular weight excluding hydrogens is 431 g/mol. The molecule has 2 rings (SSSR count). The van der Waals surface area contributed by atoms with Crippen molar-refractivity contribution < 1.29 is 4.92 Å². The van der Waals surface area contributed by atoms with E-state index in [9.17, 15) is 10.1 Å². The molecule has 1 fully saturated rings. The van der Waals surface area contributed by atoms with Crippen LogP contribution in [0.5, 0.6) is 0 Å². The second-order valence-corrected chi connectivity index (χ2v) is 6.41. The van der Waals surface area contributed by atoms with Gasteiger partial charge >= 0.3 is 5.69 Å². The van der Waals surface area contributed by atoms with Crippen LogP contribution in [-0.4, -0.2) is 51.3 Å². The van der Waals surface area contributed by atoms with Crippen LogP contribution in [0.15, 0.2) is 17.4 Å². The Kier molecular flexibility index (Phi) is 9.29. The maximum atomic E-state index is 10.6. The molecule has 1 aromatic heterocycles. The van der Waals surface area contributed by atoms with Crippen LogP contribution in [-0.2, 0) is 6.54 Å². The number of hydrogen-bond acceptors (Lipinski definition) is 5. The fourth-order valence-electron chi connectivity index (χ4n) is 2.18. The molecule has 0 radical (unpaired) electrons. The first-order valence-corrected chi connectivity index (χ1v) is 8.54. The van der Waals surface area contributed by atoms with E-state index in [0.717, 1.165) is 19.0 Å². The lowest BCUT2D eigenvalue weighted by Crippen LogP contribution is -2.39. The topological polar surface area (TPSA) is 97.4 Å². The lowest BCUT2D eigenvalue weighted by molar-refractivity contribution is -0.385. The molecule has 8 nitrogen and oxygen atoms in total. The van der Waals surface area contributed by atoms with Gasteiger partial charge in [-0.25, -0.2) is 0 Å². The standard InChI is InChI=1S/C13H22N6O2S.HI/c1-2-14-13(16-9-12-4-3-7-22-12)15-5-6-18-10-11(8-17-18)19(20)21;/h8,10,12H,2-7,9H2,1H3,(H2,14,15,16);1H. The Balaban J connectivity index is 0.00000264. The minimum atomic E-state index is -0.443. The number of nitrogens with one attached hydrogen (secondary N) is 2. The molecule has 0 bridgehead atoms. The van der Waals surface area contributed by atoms with Crippen molar-refractivity contribution in [3.8, 4) is 0 Å². The van der Waals surface area contributed by atoms with E-state index in [2.05, 4.69) is 20.7 Å². The van der Waals surface area contributed by atoms with Gasteiger partial charge in [-0.05, 0) is 25.5 Å². The second kappa shape index (κ2) is 10.7. The minimum Gasteiger partial charge on any atom is -0.357 e. The van der Waals surface area contributed by atoms with Gasteiger partial charge in [0.25, 0.3) is 0 Å². The van der Waals surface area contributed by atoms with Crippen molar-refractivity contribution in [2.75, 3.05) is 25.4 Å². The predicted octanol–water partition coefficient (Wildman–Crippen LogP) is 1.86. The summed E-state index contributed by atoms with van der Waals surface area (Å²) in [5.41, 5.74) is 0.0128. The molecule has 0 aromatic carbocycles. The van der Waals surface area contributed by atoms with Gasteiger partial charge in [0.1, 0.15) is 12.4 Å². The maximum Gasteiger partial charge on any atom is 0.306 e. The van der Waals surface area contributed by atoms with Gasteiger partial charge < -0.3 is 10.6 Å². The fourth-order valence-corrected chi connectivity index (χ4v) is 3.36. The summed E-state index contributed by atoms with van der Waals surface area (Å²) in [5.74, 6) is 2.03. The Bertz CT molecular complexity index is 518. The Hall–Kier alpha value is -1.04. The smallest absolute Gasteiger partial charge is 0.306 e. The van der Waals surface area contributed by atoms with E-state index in [1.807, 2.05) is 18.7 Å². The number of guanidine groups is 1. The third-order valence-corrected chi connectivity index (χ3v) is 4.67. The summed E-state index contributed by atoms with van der Waals surface area (Å²) in [6.07, 6.45) is 5.22. The summed E-state index contributed by atoms with van der Waals surface area (Å²) in [6, 6.07) is 0. The highest BCUT2D eigenvalue weighted by Crippen LogP contribution is 2.25. The van der Waals surface area contributed by atoms with Gasteiger partial charge in [0.05, 0.1) is 18.0 Å². The first-order valence-electron chi connectivity index (χ1n) is 7.49. The van der Waals surface area contributed by atoms with Crippen LogP contribution in [0.3, 0.4) is 0 Å². The lowest BCUT2D eigenvalue weighted by atomic mass is 10.2. The molecule has 1 atom stereocenters. The molecule has 2 N–H and O–H groups in total. The van der Waals surface area contributed by atoms with Gasteiger partial charge in [-0.1, -0.05) is 0 Å². The number of nitrogens with zero attached hydrogens (tertiary/aromatic N) is 4. The number of nitro groups is 1. The van der Waals surface area contributed by atoms with Gasteiger partial charge in [0, 0.05) is 18.3 Å². The first kappa shape index (κ1) is 20.0. The summed E-state index contributed by atoms with van der Waals surface area (Å²) in [5, 5.41) is 21.6. The Labute approximate surface area is 157 Å². The van der Waals surface area contributed by atoms with Crippen LogP contribution in [0.2, 0.25) is 0 Å². The van der Waals surface area contributed by atoms with Crippen molar-refractivity contribution >= 4 is 47.4 Å². The largest absolute Gasteiger partial charge is 0.357 e. The molecule has 10 heteroatoms. The zero-order chi connectivity index (χ0) is 15.8. The maximum absolute atomic E-state index is 10.6. The number of aromatic nitrogens is 2. The number of rotatable bonds is 7. The van der Waals surface area contributed by atoms with E-state index >= 15 is 0 Å². The van der Waals surface area contributed by atoms with E-state index in [1.54, 1.807) is 4.68 Å². The third kappa shape index (κ3) is 6.94. The minimum absolute atomic E-state index is 0. The highest BCUT2D eigenvalue weighted by molar-refractivity contribution is 14.0. The summed E-state index contributed by atoms with van der Waals surface area (Å²) in [7, 11) is 0. The Morgan fingerprint density at radius 1 is 1.61 bits per heavy atom. The van der Waals surface area contributed by atoms with E-state index in [0.29, 0.717) is 18.3 Å². The summed E-state index contributed by atoms with van der Waals surface area (Å²) >= 11 is 1.99. The van der Waals surface area contributed by atoms with E-state index in [4.69, 9.17) is 0 Å². The van der Waals surface area contributed by atoms with Crippen LogP contribution < -0.4 is 10.6 Å². The third-order valence-electron chi connectivity index (χ3n) is 3.29. The monoisotopic (exact) mass is 454 g/mol. The van der Waals surface area contributed by atoms with Crippen LogP contribution in [0.4, 0.5) is 5.69 Å². The predicted molar refractivity (Wildman–Crippen MR) is 104 cm³/mol. The normalized spacial score (nSPS) is 17.6. The fraction of sp³-hybridized carbons (Fsp3) is 0.692. The quantitative estimate of drug-likeness (QED) is 0.215. The van der Waals surface area contributed by atoms with Crippen LogP contribution in [0.1, 0.15) is 19.8 Å². The van der Waals surface area contributed by atoms with Crippen molar-refractivity contribution in [1.82, 2.24) is 20.4 Å². The molecule has 1 aromatic rings. The van der Waals surface area contributed by atoms with Crippen LogP contribution in [0, 0.1) is 10.1 Å². The molecule has 0 saturated carbocycles. The molecular formula is C13H23IN6O2S. The second-order valence-electron chi connectivity index (χ2n) is 5.00. The summed E-state index contributed by atoms with van der Waals surface area (Å²) in [6.45, 7) is 4.82. The van der Waals surface area contributed by atoms with Crippen LogP contribution >= 0.6 is 35.7 Å². The average Bonchev–Trinajstić information content (AvgIpc) is 3.16. The van der Waals surface area contributed by atoms with E-state index in [-0.39, 0.29) is 29.7 Å². The van der Waals surface area contributed by atoms with Crippen molar-refractivity contribution in [3.05, 3.63) is 22.5 Å². The van der Waals surface area contributed by atoms with Crippen molar-refractivity contribution in [2.24, 2.45) is 4.99 Å². The van der Waals surface area contributed by atoms with Gasteiger partial charge in [0.15, 0.2) is 5.96 Å². The van der Waals surface area contributed by atoms with Gasteiger partial charge in [-0.15, -0.1) is 24.0 Å². The first-order chi connectivity index (χ1) is 10.7. The van der Waals surface area contributed by atoms with Gasteiger partial charge in [-0.3, -0.25) is 19.8 Å². The number of aliphatic imine (C=N–C) groups is 1. The number of thioether (sulfide) groups is 1. The molecule has 1 aliphatic rings. The summed E-state index contributed by atoms with van der Waals surface area (Å²) in [4.78, 5) is 14.8. The molecule has 2 heterocycles. The molecule has 1 aliphatic heterocycles. The van der Waals surface area contributed by atoms with Gasteiger partial charge in [-0.2, -0.15) is 16.9 Å². The van der Waals surface area contributed by atoms with Crippen molar-refractivity contribution in [2.45, 2.75) is 31.6 Å². The number of hydrogen-bond donors (Lipinski definition) is 2. The lowest BCUT2D eigenvalue weighted by Gasteiger charge is -2.12. The molecule has 23 heavy (non-hydrogen) atoms. The van der Waals surface area contributed by atoms with E-state index in [1.165, 1.54) is 31.0 Å². The highest BCUT2D eigenvalue weighted by atomic mass is 127. The van der Waals surface area contributed by atoms with Crippen LogP contribution in [0.25, 0.3) is 0 Å². The summed E-state index contributed by atoms with van der Waals surface area (Å²) < 4.78 is 1.56. The molecule has 0 aliphatic carbocycles. The number of halogens is 1. The van der Waals surface area contributed by atoms with E-state index < -0.39 is 4.92 Å². The zero-order valence-corrected chi connectivity index (χ0v) is 16.3. The molecule has 1 unspecified atom stereocenters. The molecule has 0 amide bonds.